The van der Waals surface area contributed by atoms with Crippen LogP contribution in [0.2, 0.25) is 0 Å². The molecule has 0 nitrogen and oxygen atoms in total. The minimum Gasteiger partial charge on any atom is 0 e. The molecule has 0 bridgehead atoms. The quantitative estimate of drug-likeness (QED) is 0.331. The molecule has 0 saturated heterocycles. The molecule has 0 unspecified atom stereocenters. The van der Waals surface area contributed by atoms with Crippen molar-refractivity contribution in [3.05, 3.63) is 0 Å². The van der Waals surface area contributed by atoms with E-state index in [-0.39, 0.29) is 55.9 Å². The Hall–Kier alpha value is 1.42. The van der Waals surface area contributed by atoms with Gasteiger partial charge in [-0.05, 0) is 0 Å². The summed E-state index contributed by atoms with van der Waals surface area (Å²) in [7, 11) is 0. The van der Waals surface area contributed by atoms with Gasteiger partial charge in [0.25, 0.3) is 0 Å². The fourth-order valence-electron chi connectivity index (χ4n) is 0. The molecule has 0 atom stereocenters. The summed E-state index contributed by atoms with van der Waals surface area (Å²) in [5.74, 6) is 0. The van der Waals surface area contributed by atoms with Crippen LogP contribution in [0.15, 0.2) is 0 Å². The van der Waals surface area contributed by atoms with Crippen molar-refractivity contribution in [3.8, 4) is 0 Å². The lowest BCUT2D eigenvalue weighted by atomic mass is 24.3. The van der Waals surface area contributed by atoms with Gasteiger partial charge >= 0.3 is 0 Å². The van der Waals surface area contributed by atoms with Crippen LogP contribution in [0.25, 0.3) is 0 Å². The first kappa shape index (κ1) is 52.6. The van der Waals surface area contributed by atoms with E-state index in [4.69, 9.17) is 0 Å². The Labute approximate surface area is 56.0 Å². The summed E-state index contributed by atoms with van der Waals surface area (Å²) in [5.41, 5.74) is 0. The molecule has 0 spiro atoms. The summed E-state index contributed by atoms with van der Waals surface area (Å²) >= 11 is 0. The molecule has 0 aliphatic rings. The maximum atomic E-state index is 0. The zero-order valence-corrected chi connectivity index (χ0v) is 6.62. The van der Waals surface area contributed by atoms with Gasteiger partial charge in [-0.2, -0.15) is 0 Å². The number of rotatable bonds is 0. The van der Waals surface area contributed by atoms with Crippen molar-refractivity contribution in [1.82, 2.24) is 0 Å². The first-order chi connectivity index (χ1) is 0. The average molecular weight is 109 g/mol. The van der Waals surface area contributed by atoms with Crippen molar-refractivity contribution in [2.24, 2.45) is 0 Å². The molecule has 0 N–H and O–H groups in total. The second-order valence-electron chi connectivity index (χ2n) is 0. The standard InChI is InChI=1S/Mg.3Si. The van der Waals surface area contributed by atoms with Crippen LogP contribution >= 0.6 is 0 Å². The highest BCUT2D eigenvalue weighted by atomic mass is 28.1. The SMILES string of the molecule is [Mg].[Si].[Si].[Si]. The number of hydrogen-bond acceptors (Lipinski definition) is 0. The van der Waals surface area contributed by atoms with Gasteiger partial charge in [0, 0.05) is 55.9 Å². The van der Waals surface area contributed by atoms with Gasteiger partial charge in [-0.15, -0.1) is 0 Å². The molecule has 14 valence electrons. The van der Waals surface area contributed by atoms with E-state index >= 15 is 0 Å². The average Bonchev–Trinajstić information content (AvgIpc) is 0. The fraction of sp³-hybridized carbons (Fsp3) is 0. The normalized spacial score (nSPS) is 0. The zero-order chi connectivity index (χ0) is 0. The number of hydrogen-bond donors (Lipinski definition) is 0. The van der Waals surface area contributed by atoms with Gasteiger partial charge in [0.1, 0.15) is 0 Å². The molecule has 0 saturated carbocycles. The van der Waals surface area contributed by atoms with Crippen molar-refractivity contribution in [2.75, 3.05) is 0 Å². The van der Waals surface area contributed by atoms with Crippen LogP contribution in [0.5, 0.6) is 0 Å². The van der Waals surface area contributed by atoms with E-state index in [1.807, 2.05) is 0 Å². The van der Waals surface area contributed by atoms with Crippen molar-refractivity contribution in [1.29, 1.82) is 0 Å². The van der Waals surface area contributed by atoms with Crippen LogP contribution in [-0.4, -0.2) is 55.9 Å². The minimum absolute atomic E-state index is 0. The third-order valence-corrected chi connectivity index (χ3v) is 0. The third-order valence-electron chi connectivity index (χ3n) is 0. The Balaban J connectivity index is 0. The summed E-state index contributed by atoms with van der Waals surface area (Å²) in [6, 6.07) is 0. The molecule has 4 heavy (non-hydrogen) atoms. The smallest absolute Gasteiger partial charge is 0 e. The Bertz CT molecular complexity index is 3.25. The van der Waals surface area contributed by atoms with E-state index < -0.39 is 0 Å². The first-order valence-electron chi connectivity index (χ1n) is 0. The zero-order valence-electron chi connectivity index (χ0n) is 2.21. The second-order valence-corrected chi connectivity index (χ2v) is 0. The molecule has 0 aromatic rings. The Kier molecular flexibility index (Phi) is 338. The highest BCUT2D eigenvalue weighted by molar-refractivity contribution is 5.76. The highest BCUT2D eigenvalue weighted by Gasteiger charge is 0.00300. The van der Waals surface area contributed by atoms with E-state index in [9.17, 15) is 0 Å². The lowest BCUT2D eigenvalue weighted by Gasteiger charge is -0.00100. The molecule has 0 fully saturated rings. The molecular weight excluding hydrogens is 109 g/mol. The lowest BCUT2D eigenvalue weighted by Crippen LogP contribution is -0.382. The Morgan fingerprint density at radius 3 is 0.500 bits per heavy atom. The van der Waals surface area contributed by atoms with E-state index in [2.05, 4.69) is 0 Å². The van der Waals surface area contributed by atoms with Crippen LogP contribution in [0.4, 0.5) is 0 Å². The lowest BCUT2D eigenvalue weighted by molar-refractivity contribution is 5.75. The molecule has 0 aromatic carbocycles. The molecular formula is MgSi3. The van der Waals surface area contributed by atoms with E-state index in [1.165, 1.54) is 0 Å². The summed E-state index contributed by atoms with van der Waals surface area (Å²) in [4.78, 5) is 0. The molecule has 14 radical (unpaired) electrons. The summed E-state index contributed by atoms with van der Waals surface area (Å²) in [6.45, 7) is 0. The molecule has 0 aliphatic carbocycles. The highest BCUT2D eigenvalue weighted by Crippen LogP contribution is -0.378. The maximum Gasteiger partial charge on any atom is 0 e. The van der Waals surface area contributed by atoms with Crippen LogP contribution in [0.3, 0.4) is 0 Å². The van der Waals surface area contributed by atoms with Gasteiger partial charge in [0.05, 0.1) is 0 Å². The molecule has 4 heteroatoms. The predicted molar refractivity (Wildman–Crippen MR) is 23.0 cm³/mol. The van der Waals surface area contributed by atoms with Gasteiger partial charge in [-0.25, -0.2) is 0 Å². The third kappa shape index (κ3) is 9.94. The molecule has 0 amide bonds. The molecule has 0 rings (SSSR count). The van der Waals surface area contributed by atoms with Crippen molar-refractivity contribution in [2.45, 2.75) is 0 Å². The first-order valence-corrected chi connectivity index (χ1v) is 0. The largest absolute Gasteiger partial charge is 0 e. The Morgan fingerprint density at radius 2 is 0.500 bits per heavy atom. The minimum atomic E-state index is 0. The van der Waals surface area contributed by atoms with Gasteiger partial charge in [0.15, 0.2) is 0 Å². The fourth-order valence-corrected chi connectivity index (χ4v) is 0. The van der Waals surface area contributed by atoms with Crippen LogP contribution < -0.4 is 0 Å². The van der Waals surface area contributed by atoms with Crippen LogP contribution in [0, 0.1) is 0 Å². The van der Waals surface area contributed by atoms with Gasteiger partial charge in [0.2, 0.25) is 0 Å². The van der Waals surface area contributed by atoms with Crippen LogP contribution in [0.1, 0.15) is 0 Å². The van der Waals surface area contributed by atoms with Crippen molar-refractivity contribution < 1.29 is 0 Å². The summed E-state index contributed by atoms with van der Waals surface area (Å²) < 4.78 is 0. The van der Waals surface area contributed by atoms with Gasteiger partial charge in [-0.1, -0.05) is 0 Å². The summed E-state index contributed by atoms with van der Waals surface area (Å²) in [6.07, 6.45) is 0. The summed E-state index contributed by atoms with van der Waals surface area (Å²) in [5, 5.41) is 0. The Morgan fingerprint density at radius 1 is 0.500 bits per heavy atom. The maximum absolute atomic E-state index is 0. The monoisotopic (exact) mass is 108 g/mol. The van der Waals surface area contributed by atoms with Crippen LogP contribution in [-0.2, 0) is 0 Å². The van der Waals surface area contributed by atoms with Crippen molar-refractivity contribution in [3.63, 3.8) is 0 Å². The molecule has 0 aromatic heterocycles. The molecule has 0 aliphatic heterocycles. The predicted octanol–water partition coefficient (Wildman–Crippen LogP) is -1.52. The van der Waals surface area contributed by atoms with Gasteiger partial charge in [-0.3, -0.25) is 0 Å². The molecule has 0 heterocycles. The second kappa shape index (κ2) is 25.7. The van der Waals surface area contributed by atoms with E-state index in [0.29, 0.717) is 0 Å². The van der Waals surface area contributed by atoms with Crippen molar-refractivity contribution >= 4 is 55.9 Å². The van der Waals surface area contributed by atoms with Gasteiger partial charge < -0.3 is 0 Å². The topological polar surface area (TPSA) is 0 Å². The van der Waals surface area contributed by atoms with E-state index in [0.717, 1.165) is 0 Å². The van der Waals surface area contributed by atoms with E-state index in [1.54, 1.807) is 0 Å².